The summed E-state index contributed by atoms with van der Waals surface area (Å²) in [5.41, 5.74) is 3.34. The smallest absolute Gasteiger partial charge is 0.150 e. The minimum atomic E-state index is -1.35. The number of nitrogens with one attached hydrogen (secondary N) is 2. The van der Waals surface area contributed by atoms with E-state index in [-0.39, 0.29) is 23.9 Å². The van der Waals surface area contributed by atoms with Crippen molar-refractivity contribution in [3.63, 3.8) is 0 Å². The summed E-state index contributed by atoms with van der Waals surface area (Å²) >= 11 is 6.46. The predicted octanol–water partition coefficient (Wildman–Crippen LogP) is 6.46. The second-order valence-electron chi connectivity index (χ2n) is 7.80. The van der Waals surface area contributed by atoms with Crippen molar-refractivity contribution in [2.75, 3.05) is 16.5 Å². The lowest BCUT2D eigenvalue weighted by atomic mass is 10.0. The van der Waals surface area contributed by atoms with E-state index in [9.17, 15) is 18.8 Å². The number of phenolic OH excluding ortho intramolecular Hbond substituents is 1. The van der Waals surface area contributed by atoms with Crippen LogP contribution in [-0.2, 0) is 10.8 Å². The molecule has 0 radical (unpaired) electrons. The summed E-state index contributed by atoms with van der Waals surface area (Å²) in [7, 11) is -1.35. The van der Waals surface area contributed by atoms with Crippen LogP contribution in [0.4, 0.5) is 15.8 Å². The summed E-state index contributed by atoms with van der Waals surface area (Å²) in [4.78, 5) is 0.647. The lowest BCUT2D eigenvalue weighted by molar-refractivity contribution is 0.208. The van der Waals surface area contributed by atoms with E-state index < -0.39 is 17.0 Å². The Labute approximate surface area is 205 Å². The van der Waals surface area contributed by atoms with Crippen LogP contribution in [0.15, 0.2) is 89.6 Å². The molecule has 0 fully saturated rings. The quantitative estimate of drug-likeness (QED) is 0.163. The van der Waals surface area contributed by atoms with Gasteiger partial charge in [0.15, 0.2) is 6.23 Å². The number of rotatable bonds is 8. The molecule has 34 heavy (non-hydrogen) atoms. The first kappa shape index (κ1) is 24.0. The largest absolute Gasteiger partial charge is 0.506 e. The lowest BCUT2D eigenvalue weighted by Crippen LogP contribution is -2.12. The summed E-state index contributed by atoms with van der Waals surface area (Å²) in [6.07, 6.45) is 2.49. The molecule has 4 N–H and O–H groups in total. The second kappa shape index (κ2) is 10.9. The molecule has 2 unspecified atom stereocenters. The van der Waals surface area contributed by atoms with Gasteiger partial charge >= 0.3 is 0 Å². The van der Waals surface area contributed by atoms with Crippen molar-refractivity contribution < 1.29 is 18.8 Å². The van der Waals surface area contributed by atoms with Crippen LogP contribution in [0.1, 0.15) is 24.6 Å². The monoisotopic (exact) mass is 498 g/mol. The van der Waals surface area contributed by atoms with Crippen LogP contribution >= 0.6 is 11.6 Å². The average molecular weight is 499 g/mol. The van der Waals surface area contributed by atoms with Gasteiger partial charge in [0, 0.05) is 33.2 Å². The SMILES string of the molecule is O=S(CNc1cc(NC(O)c2ccc(-c3ccccc3)c(Cl)c2)ccc1O)C1=CC=C(F)CC1. The van der Waals surface area contributed by atoms with Gasteiger partial charge in [0.05, 0.1) is 22.4 Å². The van der Waals surface area contributed by atoms with Gasteiger partial charge < -0.3 is 20.8 Å². The molecule has 0 aliphatic heterocycles. The Morgan fingerprint density at radius 1 is 1.03 bits per heavy atom. The lowest BCUT2D eigenvalue weighted by Gasteiger charge is -2.18. The summed E-state index contributed by atoms with van der Waals surface area (Å²) in [6, 6.07) is 19.8. The third kappa shape index (κ3) is 5.86. The number of hydrogen-bond acceptors (Lipinski definition) is 5. The van der Waals surface area contributed by atoms with Crippen LogP contribution in [0.25, 0.3) is 11.1 Å². The third-order valence-corrected chi connectivity index (χ3v) is 7.08. The predicted molar refractivity (Wildman–Crippen MR) is 137 cm³/mol. The molecular formula is C26H24ClFN2O3S. The molecule has 176 valence electrons. The van der Waals surface area contributed by atoms with Gasteiger partial charge in [-0.25, -0.2) is 4.39 Å². The number of halogens is 2. The molecule has 2 atom stereocenters. The van der Waals surface area contributed by atoms with Gasteiger partial charge in [-0.2, -0.15) is 0 Å². The molecule has 0 aromatic heterocycles. The number of hydrogen-bond donors (Lipinski definition) is 4. The number of anilines is 2. The second-order valence-corrected chi connectivity index (χ2v) is 9.71. The zero-order valence-electron chi connectivity index (χ0n) is 18.2. The maximum atomic E-state index is 13.1. The maximum Gasteiger partial charge on any atom is 0.150 e. The highest BCUT2D eigenvalue weighted by Crippen LogP contribution is 2.32. The van der Waals surface area contributed by atoms with Gasteiger partial charge in [-0.05, 0) is 48.4 Å². The molecule has 5 nitrogen and oxygen atoms in total. The van der Waals surface area contributed by atoms with Crippen LogP contribution in [-0.4, -0.2) is 20.3 Å². The van der Waals surface area contributed by atoms with Crippen LogP contribution < -0.4 is 10.6 Å². The molecule has 0 saturated carbocycles. The Balaban J connectivity index is 1.42. The Morgan fingerprint density at radius 3 is 2.53 bits per heavy atom. The van der Waals surface area contributed by atoms with Crippen LogP contribution in [0.5, 0.6) is 5.75 Å². The fraction of sp³-hybridized carbons (Fsp3) is 0.154. The molecule has 4 rings (SSSR count). The molecule has 0 spiro atoms. The first-order chi connectivity index (χ1) is 16.4. The van der Waals surface area contributed by atoms with E-state index in [1.165, 1.54) is 12.1 Å². The van der Waals surface area contributed by atoms with Gasteiger partial charge in [0.2, 0.25) is 0 Å². The van der Waals surface area contributed by atoms with Gasteiger partial charge in [0.25, 0.3) is 0 Å². The number of aromatic hydroxyl groups is 1. The first-order valence-corrected chi connectivity index (χ1v) is 12.4. The van der Waals surface area contributed by atoms with E-state index in [2.05, 4.69) is 10.6 Å². The number of aliphatic hydroxyl groups excluding tert-OH is 1. The third-order valence-electron chi connectivity index (χ3n) is 5.44. The molecule has 0 saturated heterocycles. The highest BCUT2D eigenvalue weighted by Gasteiger charge is 2.14. The van der Waals surface area contributed by atoms with Crippen LogP contribution in [0.3, 0.4) is 0 Å². The van der Waals surface area contributed by atoms with E-state index in [0.29, 0.717) is 33.3 Å². The van der Waals surface area contributed by atoms with Crippen molar-refractivity contribution in [1.29, 1.82) is 0 Å². The van der Waals surface area contributed by atoms with Crippen molar-refractivity contribution in [2.24, 2.45) is 0 Å². The summed E-state index contributed by atoms with van der Waals surface area (Å²) in [6.45, 7) is 0. The van der Waals surface area contributed by atoms with Crippen LogP contribution in [0, 0.1) is 0 Å². The van der Waals surface area contributed by atoms with Crippen molar-refractivity contribution in [1.82, 2.24) is 0 Å². The Kier molecular flexibility index (Phi) is 7.67. The summed E-state index contributed by atoms with van der Waals surface area (Å²) < 4.78 is 25.6. The molecule has 0 heterocycles. The molecule has 3 aromatic carbocycles. The normalized spacial score (nSPS) is 15.1. The van der Waals surface area contributed by atoms with E-state index in [1.807, 2.05) is 36.4 Å². The van der Waals surface area contributed by atoms with Gasteiger partial charge in [-0.15, -0.1) is 0 Å². The zero-order chi connectivity index (χ0) is 24.1. The number of aliphatic hydroxyl groups is 1. The fourth-order valence-corrected chi connectivity index (χ4v) is 4.90. The van der Waals surface area contributed by atoms with Crippen molar-refractivity contribution >= 4 is 33.8 Å². The van der Waals surface area contributed by atoms with Crippen molar-refractivity contribution in [3.8, 4) is 16.9 Å². The topological polar surface area (TPSA) is 81.6 Å². The maximum absolute atomic E-state index is 13.1. The highest BCUT2D eigenvalue weighted by atomic mass is 35.5. The molecule has 1 aliphatic rings. The molecule has 8 heteroatoms. The van der Waals surface area contributed by atoms with Gasteiger partial charge in [0.1, 0.15) is 11.6 Å². The van der Waals surface area contributed by atoms with Gasteiger partial charge in [-0.1, -0.05) is 54.1 Å². The Morgan fingerprint density at radius 2 is 1.82 bits per heavy atom. The number of benzene rings is 3. The summed E-state index contributed by atoms with van der Waals surface area (Å²) in [5.74, 6) is -0.173. The number of allylic oxidation sites excluding steroid dienone is 4. The number of phenols is 1. The molecule has 3 aromatic rings. The summed E-state index contributed by atoms with van der Waals surface area (Å²) in [5, 5.41) is 27.3. The van der Waals surface area contributed by atoms with E-state index in [0.717, 1.165) is 11.1 Å². The molecule has 0 bridgehead atoms. The Hall–Kier alpha value is -3.13. The van der Waals surface area contributed by atoms with E-state index in [4.69, 9.17) is 11.6 Å². The molecule has 0 amide bonds. The standard InChI is InChI=1S/C26H24ClFN2O3S/c27-23-14-18(6-12-22(23)17-4-2-1-3-5-17)26(32)30-20-9-13-25(31)24(15-20)29-16-34(33)21-10-7-19(28)8-11-21/h1-7,9-10,12-15,26,29-32H,8,11,16H2. The zero-order valence-corrected chi connectivity index (χ0v) is 19.7. The van der Waals surface area contributed by atoms with Gasteiger partial charge in [-0.3, -0.25) is 4.21 Å². The molecular weight excluding hydrogens is 475 g/mol. The highest BCUT2D eigenvalue weighted by molar-refractivity contribution is 7.89. The minimum absolute atomic E-state index is 0.0177. The minimum Gasteiger partial charge on any atom is -0.506 e. The van der Waals surface area contributed by atoms with Crippen LogP contribution in [0.2, 0.25) is 5.02 Å². The molecule has 1 aliphatic carbocycles. The average Bonchev–Trinajstić information content (AvgIpc) is 2.85. The van der Waals surface area contributed by atoms with Crippen molar-refractivity contribution in [3.05, 3.63) is 100 Å². The van der Waals surface area contributed by atoms with Crippen molar-refractivity contribution in [2.45, 2.75) is 19.1 Å². The van der Waals surface area contributed by atoms with E-state index in [1.54, 1.807) is 30.3 Å². The fourth-order valence-electron chi connectivity index (χ4n) is 3.58. The first-order valence-electron chi connectivity index (χ1n) is 10.7. The van der Waals surface area contributed by atoms with E-state index >= 15 is 0 Å². The Bertz CT molecular complexity index is 1260.